The molecule has 0 bridgehead atoms. The van der Waals surface area contributed by atoms with Gasteiger partial charge in [0.25, 0.3) is 11.7 Å². The largest absolute Gasteiger partial charge is 0.507 e. The molecule has 186 valence electrons. The number of hydrogen-bond acceptors (Lipinski definition) is 6. The van der Waals surface area contributed by atoms with E-state index in [0.29, 0.717) is 34.9 Å². The molecular formula is C26H33N3O6+2. The first-order valence-corrected chi connectivity index (χ1v) is 11.8. The van der Waals surface area contributed by atoms with Crippen molar-refractivity contribution in [2.45, 2.75) is 6.04 Å². The number of nitrogens with zero attached hydrogens (tertiary/aromatic N) is 1. The van der Waals surface area contributed by atoms with Gasteiger partial charge in [-0.25, -0.2) is 0 Å². The number of likely N-dealkylation sites (tertiary alicyclic amines) is 1. The van der Waals surface area contributed by atoms with Gasteiger partial charge in [0.1, 0.15) is 37.7 Å². The minimum absolute atomic E-state index is 0.0642. The van der Waals surface area contributed by atoms with Crippen molar-refractivity contribution in [1.29, 1.82) is 0 Å². The van der Waals surface area contributed by atoms with Crippen LogP contribution in [-0.2, 0) is 9.59 Å². The van der Waals surface area contributed by atoms with Crippen molar-refractivity contribution in [2.75, 3.05) is 60.6 Å². The predicted octanol–water partition coefficient (Wildman–Crippen LogP) is -0.404. The van der Waals surface area contributed by atoms with Crippen LogP contribution in [0.15, 0.2) is 48.0 Å². The predicted molar refractivity (Wildman–Crippen MR) is 129 cm³/mol. The number of quaternary nitrogens is 2. The first kappa shape index (κ1) is 24.6. The standard InChI is InChI=1S/C26H31N3O6/c1-33-19-7-4-17(5-8-19)24(30)22-23(18-6-9-20(34-2)21(16-18)35-3)29(26(32)25(22)31)15-14-28-12-10-27-11-13-28/h4-9,16,23,27,30H,10-15H2,1-3H3/p+2. The highest BCUT2D eigenvalue weighted by atomic mass is 16.5. The van der Waals surface area contributed by atoms with Crippen molar-refractivity contribution in [1.82, 2.24) is 4.90 Å². The lowest BCUT2D eigenvalue weighted by atomic mass is 9.95. The number of amides is 1. The average Bonchev–Trinajstić information content (AvgIpc) is 3.16. The van der Waals surface area contributed by atoms with Gasteiger partial charge in [0.05, 0.1) is 46.0 Å². The molecule has 9 nitrogen and oxygen atoms in total. The van der Waals surface area contributed by atoms with Gasteiger partial charge in [-0.05, 0) is 42.0 Å². The van der Waals surface area contributed by atoms with Crippen molar-refractivity contribution in [3.05, 3.63) is 59.2 Å². The maximum absolute atomic E-state index is 13.3. The summed E-state index contributed by atoms with van der Waals surface area (Å²) >= 11 is 0. The third kappa shape index (κ3) is 4.96. The van der Waals surface area contributed by atoms with Crippen molar-refractivity contribution in [3.63, 3.8) is 0 Å². The molecule has 0 spiro atoms. The van der Waals surface area contributed by atoms with Crippen LogP contribution >= 0.6 is 0 Å². The molecule has 0 radical (unpaired) electrons. The average molecular weight is 484 g/mol. The lowest BCUT2D eigenvalue weighted by Gasteiger charge is -2.28. The van der Waals surface area contributed by atoms with Crippen LogP contribution in [0.3, 0.4) is 0 Å². The summed E-state index contributed by atoms with van der Waals surface area (Å²) in [6.07, 6.45) is 0. The van der Waals surface area contributed by atoms with E-state index in [1.807, 2.05) is 0 Å². The Kier molecular flexibility index (Phi) is 7.57. The molecule has 1 atom stereocenters. The van der Waals surface area contributed by atoms with Crippen molar-refractivity contribution >= 4 is 17.4 Å². The second kappa shape index (κ2) is 10.8. The van der Waals surface area contributed by atoms with Crippen LogP contribution in [-0.4, -0.2) is 82.3 Å². The molecule has 2 saturated heterocycles. The molecule has 0 saturated carbocycles. The van der Waals surface area contributed by atoms with Gasteiger partial charge in [0.2, 0.25) is 0 Å². The number of piperazine rings is 1. The number of Topliss-reactive ketones (excluding diaryl/α,β-unsaturated/α-hetero) is 1. The summed E-state index contributed by atoms with van der Waals surface area (Å²) in [6, 6.07) is 11.3. The number of nitrogens with one attached hydrogen (secondary N) is 1. The monoisotopic (exact) mass is 483 g/mol. The molecule has 1 unspecified atom stereocenters. The van der Waals surface area contributed by atoms with E-state index in [9.17, 15) is 14.7 Å². The van der Waals surface area contributed by atoms with E-state index in [0.717, 1.165) is 32.7 Å². The summed E-state index contributed by atoms with van der Waals surface area (Å²) in [4.78, 5) is 29.5. The summed E-state index contributed by atoms with van der Waals surface area (Å²) in [5.41, 5.74) is 1.17. The quantitative estimate of drug-likeness (QED) is 0.268. The van der Waals surface area contributed by atoms with Crippen LogP contribution < -0.4 is 24.4 Å². The Hall–Kier alpha value is -3.56. The summed E-state index contributed by atoms with van der Waals surface area (Å²) < 4.78 is 16.0. The number of methoxy groups -OCH3 is 3. The highest BCUT2D eigenvalue weighted by Gasteiger charge is 2.46. The Morgan fingerprint density at radius 2 is 1.69 bits per heavy atom. The Labute approximate surface area is 204 Å². The second-order valence-electron chi connectivity index (χ2n) is 8.70. The zero-order valence-corrected chi connectivity index (χ0v) is 20.4. The molecule has 35 heavy (non-hydrogen) atoms. The molecule has 4 rings (SSSR count). The number of aliphatic hydroxyl groups excluding tert-OH is 1. The van der Waals surface area contributed by atoms with Gasteiger partial charge in [-0.15, -0.1) is 0 Å². The molecular weight excluding hydrogens is 450 g/mol. The number of carbonyl (C=O) groups excluding carboxylic acids is 2. The molecule has 2 aliphatic heterocycles. The Morgan fingerprint density at radius 3 is 2.31 bits per heavy atom. The van der Waals surface area contributed by atoms with Crippen molar-refractivity contribution in [3.8, 4) is 17.2 Å². The molecule has 2 aromatic carbocycles. The molecule has 2 aliphatic rings. The van der Waals surface area contributed by atoms with Crippen molar-refractivity contribution < 1.29 is 39.1 Å². The maximum Gasteiger partial charge on any atom is 0.295 e. The second-order valence-corrected chi connectivity index (χ2v) is 8.70. The lowest BCUT2D eigenvalue weighted by Crippen LogP contribution is -3.20. The molecule has 2 fully saturated rings. The van der Waals surface area contributed by atoms with Gasteiger partial charge >= 0.3 is 0 Å². The first-order valence-electron chi connectivity index (χ1n) is 11.8. The smallest absolute Gasteiger partial charge is 0.295 e. The highest BCUT2D eigenvalue weighted by molar-refractivity contribution is 6.46. The minimum atomic E-state index is -0.743. The van der Waals surface area contributed by atoms with Gasteiger partial charge in [-0.2, -0.15) is 0 Å². The number of nitrogens with two attached hydrogens (primary N) is 1. The molecule has 2 heterocycles. The summed E-state index contributed by atoms with van der Waals surface area (Å²) in [6.45, 7) is 5.24. The number of hydrogen-bond donors (Lipinski definition) is 3. The van der Waals surface area contributed by atoms with E-state index in [4.69, 9.17) is 14.2 Å². The van der Waals surface area contributed by atoms with E-state index in [2.05, 4.69) is 5.32 Å². The molecule has 2 aromatic rings. The SMILES string of the molecule is COc1ccc(C(O)=C2C(=O)C(=O)N(CC[NH+]3CC[NH2+]CC3)C2c2ccc(OC)c(OC)c2)cc1. The fourth-order valence-corrected chi connectivity index (χ4v) is 4.79. The van der Waals surface area contributed by atoms with Crippen LogP contribution in [0, 0.1) is 0 Å². The number of aliphatic hydroxyl groups is 1. The van der Waals surface area contributed by atoms with E-state index < -0.39 is 17.7 Å². The lowest BCUT2D eigenvalue weighted by molar-refractivity contribution is -0.946. The minimum Gasteiger partial charge on any atom is -0.507 e. The first-order chi connectivity index (χ1) is 17.0. The van der Waals surface area contributed by atoms with Crippen molar-refractivity contribution in [2.24, 2.45) is 0 Å². The van der Waals surface area contributed by atoms with Gasteiger partial charge in [0.15, 0.2) is 11.5 Å². The normalized spacial score (nSPS) is 20.2. The Morgan fingerprint density at radius 1 is 1.00 bits per heavy atom. The van der Waals surface area contributed by atoms with Crippen LogP contribution in [0.4, 0.5) is 0 Å². The molecule has 0 aliphatic carbocycles. The summed E-state index contributed by atoms with van der Waals surface area (Å²) in [7, 11) is 4.64. The van der Waals surface area contributed by atoms with E-state index in [1.165, 1.54) is 12.0 Å². The summed E-state index contributed by atoms with van der Waals surface area (Å²) in [5.74, 6) is 0.130. The number of carbonyl (C=O) groups is 2. The summed E-state index contributed by atoms with van der Waals surface area (Å²) in [5, 5.41) is 13.5. The molecule has 9 heteroatoms. The van der Waals surface area contributed by atoms with Gasteiger partial charge in [-0.3, -0.25) is 9.59 Å². The van der Waals surface area contributed by atoms with E-state index >= 15 is 0 Å². The van der Waals surface area contributed by atoms with Crippen LogP contribution in [0.1, 0.15) is 17.2 Å². The number of benzene rings is 2. The van der Waals surface area contributed by atoms with Crippen LogP contribution in [0.25, 0.3) is 5.76 Å². The Bertz CT molecular complexity index is 1110. The highest BCUT2D eigenvalue weighted by Crippen LogP contribution is 2.41. The third-order valence-electron chi connectivity index (χ3n) is 6.74. The molecule has 1 amide bonds. The van der Waals surface area contributed by atoms with E-state index in [1.54, 1.807) is 61.6 Å². The topological polar surface area (TPSA) is 106 Å². The van der Waals surface area contributed by atoms with Crippen LogP contribution in [0.5, 0.6) is 17.2 Å². The van der Waals surface area contributed by atoms with Gasteiger partial charge in [-0.1, -0.05) is 6.07 Å². The molecule has 4 N–H and O–H groups in total. The third-order valence-corrected chi connectivity index (χ3v) is 6.74. The van der Waals surface area contributed by atoms with Gasteiger partial charge < -0.3 is 34.4 Å². The number of ether oxygens (including phenoxy) is 3. The fraction of sp³-hybridized carbons (Fsp3) is 0.385. The van der Waals surface area contributed by atoms with Gasteiger partial charge in [0, 0.05) is 5.56 Å². The Balaban J connectivity index is 1.77. The number of rotatable bonds is 8. The van der Waals surface area contributed by atoms with E-state index in [-0.39, 0.29) is 11.3 Å². The maximum atomic E-state index is 13.3. The van der Waals surface area contributed by atoms with Crippen LogP contribution in [0.2, 0.25) is 0 Å². The number of ketones is 1. The fourth-order valence-electron chi connectivity index (χ4n) is 4.79. The zero-order valence-electron chi connectivity index (χ0n) is 20.4. The zero-order chi connectivity index (χ0) is 24.9. The molecule has 0 aromatic heterocycles.